The highest BCUT2D eigenvalue weighted by molar-refractivity contribution is 6.20. The van der Waals surface area contributed by atoms with E-state index in [4.69, 9.17) is 16.9 Å². The number of nitriles is 1. The van der Waals surface area contributed by atoms with Gasteiger partial charge in [-0.1, -0.05) is 12.1 Å². The summed E-state index contributed by atoms with van der Waals surface area (Å²) in [5, 5.41) is 11.5. The van der Waals surface area contributed by atoms with Crippen molar-refractivity contribution < 1.29 is 17.9 Å². The fraction of sp³-hybridized carbons (Fsp3) is 0.0769. The SMILES string of the molecule is N#Cc1ncc(F)cc1Nc1ccccc1OC(F)(F)Cl. The summed E-state index contributed by atoms with van der Waals surface area (Å²) in [6, 6.07) is 8.42. The molecule has 1 heterocycles. The van der Waals surface area contributed by atoms with Crippen LogP contribution < -0.4 is 10.1 Å². The molecular formula is C13H7ClF3N3O. The third kappa shape index (κ3) is 4.00. The minimum atomic E-state index is -3.89. The van der Waals surface area contributed by atoms with Crippen LogP contribution in [0, 0.1) is 17.1 Å². The number of hydrogen-bond acceptors (Lipinski definition) is 4. The molecule has 108 valence electrons. The second-order valence-corrected chi connectivity index (χ2v) is 4.27. The van der Waals surface area contributed by atoms with E-state index >= 15 is 0 Å². The molecule has 0 fully saturated rings. The van der Waals surface area contributed by atoms with Gasteiger partial charge in [0.15, 0.2) is 11.4 Å². The number of nitrogens with one attached hydrogen (secondary N) is 1. The van der Waals surface area contributed by atoms with Crippen LogP contribution in [-0.4, -0.2) is 10.6 Å². The predicted octanol–water partition coefficient (Wildman–Crippen LogP) is 4.00. The molecule has 0 spiro atoms. The van der Waals surface area contributed by atoms with Crippen molar-refractivity contribution in [3.05, 3.63) is 48.0 Å². The lowest BCUT2D eigenvalue weighted by Gasteiger charge is -2.15. The summed E-state index contributed by atoms with van der Waals surface area (Å²) in [5.41, 5.74) is -3.88. The molecule has 0 amide bonds. The number of halogens is 4. The highest BCUT2D eigenvalue weighted by Crippen LogP contribution is 2.33. The Bertz CT molecular complexity index is 698. The normalized spacial score (nSPS) is 10.8. The zero-order chi connectivity index (χ0) is 15.5. The van der Waals surface area contributed by atoms with E-state index in [1.165, 1.54) is 18.2 Å². The summed E-state index contributed by atoms with van der Waals surface area (Å²) < 4.78 is 42.9. The van der Waals surface area contributed by atoms with Crippen LogP contribution in [0.1, 0.15) is 5.69 Å². The van der Waals surface area contributed by atoms with Crippen LogP contribution in [0.3, 0.4) is 0 Å². The maximum Gasteiger partial charge on any atom is 0.487 e. The number of benzene rings is 1. The van der Waals surface area contributed by atoms with Crippen LogP contribution in [-0.2, 0) is 0 Å². The summed E-state index contributed by atoms with van der Waals surface area (Å²) in [6.45, 7) is 0. The highest BCUT2D eigenvalue weighted by atomic mass is 35.5. The topological polar surface area (TPSA) is 57.9 Å². The van der Waals surface area contributed by atoms with Gasteiger partial charge in [-0.2, -0.15) is 5.26 Å². The zero-order valence-electron chi connectivity index (χ0n) is 10.3. The molecule has 0 saturated heterocycles. The van der Waals surface area contributed by atoms with Gasteiger partial charge in [0.1, 0.15) is 11.9 Å². The van der Waals surface area contributed by atoms with Gasteiger partial charge in [0.25, 0.3) is 0 Å². The van der Waals surface area contributed by atoms with Gasteiger partial charge in [-0.25, -0.2) is 9.37 Å². The molecule has 2 rings (SSSR count). The van der Waals surface area contributed by atoms with E-state index in [1.807, 2.05) is 0 Å². The van der Waals surface area contributed by atoms with Crippen LogP contribution in [0.25, 0.3) is 0 Å². The first-order chi connectivity index (χ1) is 9.89. The number of aromatic nitrogens is 1. The molecule has 1 aromatic carbocycles. The Morgan fingerprint density at radius 1 is 1.29 bits per heavy atom. The third-order valence-corrected chi connectivity index (χ3v) is 2.42. The average Bonchev–Trinajstić information content (AvgIpc) is 2.40. The van der Waals surface area contributed by atoms with E-state index in [0.29, 0.717) is 0 Å². The van der Waals surface area contributed by atoms with E-state index in [-0.39, 0.29) is 22.8 Å². The first kappa shape index (κ1) is 14.9. The number of rotatable bonds is 4. The molecule has 1 aromatic heterocycles. The second kappa shape index (κ2) is 5.89. The number of nitrogens with zero attached hydrogens (tertiary/aromatic N) is 2. The summed E-state index contributed by atoms with van der Waals surface area (Å²) in [6.07, 6.45) is 0.874. The Labute approximate surface area is 122 Å². The molecule has 2 aromatic rings. The zero-order valence-corrected chi connectivity index (χ0v) is 11.0. The van der Waals surface area contributed by atoms with E-state index in [9.17, 15) is 13.2 Å². The van der Waals surface area contributed by atoms with Gasteiger partial charge in [0.2, 0.25) is 0 Å². The van der Waals surface area contributed by atoms with Gasteiger partial charge in [0.05, 0.1) is 17.6 Å². The highest BCUT2D eigenvalue weighted by Gasteiger charge is 2.28. The molecular weight excluding hydrogens is 307 g/mol. The second-order valence-electron chi connectivity index (χ2n) is 3.83. The molecule has 0 radical (unpaired) electrons. The fourth-order valence-electron chi connectivity index (χ4n) is 1.55. The number of alkyl halides is 3. The van der Waals surface area contributed by atoms with Crippen molar-refractivity contribution in [2.45, 2.75) is 5.57 Å². The van der Waals surface area contributed by atoms with Gasteiger partial charge in [-0.3, -0.25) is 0 Å². The fourth-order valence-corrected chi connectivity index (χ4v) is 1.64. The van der Waals surface area contributed by atoms with Crippen LogP contribution in [0.2, 0.25) is 0 Å². The van der Waals surface area contributed by atoms with Crippen LogP contribution in [0.4, 0.5) is 24.5 Å². The molecule has 4 nitrogen and oxygen atoms in total. The van der Waals surface area contributed by atoms with Crippen molar-refractivity contribution in [1.29, 1.82) is 5.26 Å². The lowest BCUT2D eigenvalue weighted by molar-refractivity contribution is -0.0960. The lowest BCUT2D eigenvalue weighted by atomic mass is 10.2. The summed E-state index contributed by atoms with van der Waals surface area (Å²) in [5.74, 6) is -0.941. The van der Waals surface area contributed by atoms with Gasteiger partial charge < -0.3 is 10.1 Å². The van der Waals surface area contributed by atoms with Crippen molar-refractivity contribution in [2.24, 2.45) is 0 Å². The van der Waals surface area contributed by atoms with Crippen LogP contribution >= 0.6 is 11.6 Å². The number of ether oxygens (including phenoxy) is 1. The summed E-state index contributed by atoms with van der Waals surface area (Å²) in [4.78, 5) is 3.58. The maximum atomic E-state index is 13.2. The minimum absolute atomic E-state index is 0.0199. The lowest BCUT2D eigenvalue weighted by Crippen LogP contribution is -2.16. The van der Waals surface area contributed by atoms with Crippen molar-refractivity contribution in [3.63, 3.8) is 0 Å². The first-order valence-corrected chi connectivity index (χ1v) is 5.94. The molecule has 0 aliphatic rings. The van der Waals surface area contributed by atoms with Crippen molar-refractivity contribution in [3.8, 4) is 11.8 Å². The number of para-hydroxylation sites is 2. The Morgan fingerprint density at radius 3 is 2.67 bits per heavy atom. The quantitative estimate of drug-likeness (QED) is 0.867. The summed E-state index contributed by atoms with van der Waals surface area (Å²) >= 11 is 4.72. The molecule has 1 N–H and O–H groups in total. The smallest absolute Gasteiger partial charge is 0.418 e. The molecule has 21 heavy (non-hydrogen) atoms. The monoisotopic (exact) mass is 313 g/mol. The predicted molar refractivity (Wildman–Crippen MR) is 70.1 cm³/mol. The van der Waals surface area contributed by atoms with Gasteiger partial charge in [-0.05, 0) is 12.1 Å². The van der Waals surface area contributed by atoms with Gasteiger partial charge in [0, 0.05) is 17.7 Å². The van der Waals surface area contributed by atoms with E-state index in [1.54, 1.807) is 12.1 Å². The number of pyridine rings is 1. The maximum absolute atomic E-state index is 13.2. The average molecular weight is 314 g/mol. The van der Waals surface area contributed by atoms with Gasteiger partial charge in [-0.15, -0.1) is 8.78 Å². The standard InChI is InChI=1S/C13H7ClF3N3O/c14-13(16,17)21-12-4-2-1-3-9(12)20-10-5-8(15)7-19-11(10)6-18/h1-5,7,20H. The Morgan fingerprint density at radius 2 is 2.00 bits per heavy atom. The Balaban J connectivity index is 2.37. The van der Waals surface area contributed by atoms with Crippen molar-refractivity contribution in [2.75, 3.05) is 5.32 Å². The minimum Gasteiger partial charge on any atom is -0.418 e. The number of anilines is 2. The van der Waals surface area contributed by atoms with Crippen LogP contribution in [0.5, 0.6) is 5.75 Å². The largest absolute Gasteiger partial charge is 0.487 e. The molecule has 0 unspecified atom stereocenters. The molecule has 8 heteroatoms. The Hall–Kier alpha value is -2.46. The molecule has 0 saturated carbocycles. The van der Waals surface area contributed by atoms with E-state index in [0.717, 1.165) is 12.3 Å². The molecule has 0 aliphatic carbocycles. The first-order valence-electron chi connectivity index (χ1n) is 5.56. The van der Waals surface area contributed by atoms with Gasteiger partial charge >= 0.3 is 5.57 Å². The molecule has 0 bridgehead atoms. The molecule has 0 atom stereocenters. The number of hydrogen-bond donors (Lipinski definition) is 1. The van der Waals surface area contributed by atoms with E-state index in [2.05, 4.69) is 15.0 Å². The summed E-state index contributed by atoms with van der Waals surface area (Å²) in [7, 11) is 0. The van der Waals surface area contributed by atoms with Crippen molar-refractivity contribution in [1.82, 2.24) is 4.98 Å². The molecule has 0 aliphatic heterocycles. The third-order valence-electron chi connectivity index (χ3n) is 2.34. The Kier molecular flexibility index (Phi) is 4.19. The van der Waals surface area contributed by atoms with Crippen molar-refractivity contribution >= 4 is 23.0 Å². The van der Waals surface area contributed by atoms with Crippen LogP contribution in [0.15, 0.2) is 36.5 Å². The van der Waals surface area contributed by atoms with E-state index < -0.39 is 11.4 Å².